The molecule has 41 heavy (non-hydrogen) atoms. The summed E-state index contributed by atoms with van der Waals surface area (Å²) in [4.78, 5) is 25.3. The van der Waals surface area contributed by atoms with Crippen LogP contribution in [0.1, 0.15) is 65.7 Å². The molecular formula is C33H36ClN3O4. The monoisotopic (exact) mass is 573 g/mol. The number of allylic oxidation sites excluding steroid dienone is 2. The highest BCUT2D eigenvalue weighted by Gasteiger charge is 2.17. The number of hydrogen-bond donors (Lipinski definition) is 4. The molecule has 2 unspecified atom stereocenters. The first kappa shape index (κ1) is 29.9. The molecule has 0 fully saturated rings. The van der Waals surface area contributed by atoms with Gasteiger partial charge in [-0.1, -0.05) is 60.7 Å². The van der Waals surface area contributed by atoms with Crippen LogP contribution in [0.5, 0.6) is 0 Å². The van der Waals surface area contributed by atoms with Gasteiger partial charge in [-0.3, -0.25) is 4.79 Å². The second kappa shape index (κ2) is 14.0. The molecule has 0 aromatic heterocycles. The summed E-state index contributed by atoms with van der Waals surface area (Å²) in [5.41, 5.74) is 6.02. The maximum absolute atomic E-state index is 12.4. The van der Waals surface area contributed by atoms with Gasteiger partial charge < -0.3 is 25.7 Å². The molecule has 1 amide bonds. The molecule has 8 heteroatoms. The van der Waals surface area contributed by atoms with E-state index in [0.717, 1.165) is 35.5 Å². The number of halogens is 1. The molecule has 7 nitrogen and oxygen atoms in total. The SMILES string of the molecule is C=C(NC(C)c1ccc(Cl)cc1)N(Cc1ccc(C(=O)NCC(O)C(=O)O)cc1)c1ccc(C2=CCCCC2)cc1. The van der Waals surface area contributed by atoms with Crippen molar-refractivity contribution in [3.63, 3.8) is 0 Å². The van der Waals surface area contributed by atoms with E-state index in [0.29, 0.717) is 17.1 Å². The predicted octanol–water partition coefficient (Wildman–Crippen LogP) is 6.30. The van der Waals surface area contributed by atoms with E-state index in [1.54, 1.807) is 12.1 Å². The first-order valence-corrected chi connectivity index (χ1v) is 14.1. The Labute approximate surface area is 246 Å². The van der Waals surface area contributed by atoms with E-state index in [9.17, 15) is 14.7 Å². The molecule has 4 N–H and O–H groups in total. The standard InChI is InChI=1S/C33H36ClN3O4/c1-22(25-12-16-29(34)17-13-25)36-23(2)37(30-18-14-27(15-19-30)26-6-4-3-5-7-26)21-24-8-10-28(11-9-24)32(39)35-20-31(38)33(40)41/h6,8-19,22,31,36,38H,2-5,7,20-21H2,1H3,(H,35,39)(H,40,41). The van der Waals surface area contributed by atoms with Crippen molar-refractivity contribution in [3.05, 3.63) is 119 Å². The molecule has 0 saturated carbocycles. The Hall–Kier alpha value is -4.07. The van der Waals surface area contributed by atoms with Gasteiger partial charge in [-0.05, 0) is 91.3 Å². The fourth-order valence-electron chi connectivity index (χ4n) is 4.78. The minimum absolute atomic E-state index is 0.0128. The van der Waals surface area contributed by atoms with Crippen molar-refractivity contribution in [1.29, 1.82) is 0 Å². The van der Waals surface area contributed by atoms with E-state index >= 15 is 0 Å². The Morgan fingerprint density at radius 2 is 1.68 bits per heavy atom. The molecule has 2 atom stereocenters. The highest BCUT2D eigenvalue weighted by Crippen LogP contribution is 2.30. The smallest absolute Gasteiger partial charge is 0.334 e. The number of nitrogens with zero attached hydrogens (tertiary/aromatic N) is 1. The third-order valence-electron chi connectivity index (χ3n) is 7.22. The summed E-state index contributed by atoms with van der Waals surface area (Å²) in [5.74, 6) is -1.12. The van der Waals surface area contributed by atoms with Gasteiger partial charge >= 0.3 is 5.97 Å². The van der Waals surface area contributed by atoms with Crippen LogP contribution in [0.2, 0.25) is 5.02 Å². The normalized spacial score (nSPS) is 14.4. The highest BCUT2D eigenvalue weighted by atomic mass is 35.5. The third-order valence-corrected chi connectivity index (χ3v) is 7.47. The van der Waals surface area contributed by atoms with Gasteiger partial charge in [-0.2, -0.15) is 0 Å². The number of aliphatic carboxylic acids is 1. The zero-order chi connectivity index (χ0) is 29.4. The van der Waals surface area contributed by atoms with Crippen molar-refractivity contribution < 1.29 is 19.8 Å². The molecule has 0 saturated heterocycles. The number of aliphatic hydroxyl groups excluding tert-OH is 1. The zero-order valence-electron chi connectivity index (χ0n) is 23.1. The van der Waals surface area contributed by atoms with Gasteiger partial charge in [0.05, 0.1) is 12.4 Å². The van der Waals surface area contributed by atoms with Gasteiger partial charge in [0.25, 0.3) is 5.91 Å². The van der Waals surface area contributed by atoms with Gasteiger partial charge in [0, 0.05) is 28.9 Å². The average molecular weight is 574 g/mol. The van der Waals surface area contributed by atoms with Crippen molar-refractivity contribution in [1.82, 2.24) is 10.6 Å². The number of carbonyl (C=O) groups excluding carboxylic acids is 1. The Morgan fingerprint density at radius 3 is 2.29 bits per heavy atom. The Morgan fingerprint density at radius 1 is 1.00 bits per heavy atom. The molecule has 214 valence electrons. The molecule has 1 aliphatic carbocycles. The van der Waals surface area contributed by atoms with Crippen molar-refractivity contribution in [2.45, 2.75) is 51.3 Å². The number of aliphatic hydroxyl groups is 1. The molecule has 0 spiro atoms. The maximum Gasteiger partial charge on any atom is 0.334 e. The van der Waals surface area contributed by atoms with E-state index < -0.39 is 18.0 Å². The van der Waals surface area contributed by atoms with Gasteiger partial charge in [0.15, 0.2) is 6.10 Å². The van der Waals surface area contributed by atoms with E-state index in [-0.39, 0.29) is 12.6 Å². The molecular weight excluding hydrogens is 538 g/mol. The van der Waals surface area contributed by atoms with Crippen LogP contribution in [0, 0.1) is 0 Å². The number of carboxylic acid groups (broad SMARTS) is 1. The van der Waals surface area contributed by atoms with Crippen molar-refractivity contribution in [2.75, 3.05) is 11.4 Å². The quantitative estimate of drug-likeness (QED) is 0.203. The van der Waals surface area contributed by atoms with Crippen LogP contribution in [0.15, 0.2) is 91.3 Å². The van der Waals surface area contributed by atoms with Crippen molar-refractivity contribution in [3.8, 4) is 0 Å². The van der Waals surface area contributed by atoms with Crippen LogP contribution in [-0.4, -0.2) is 34.7 Å². The topological polar surface area (TPSA) is 102 Å². The number of nitrogens with one attached hydrogen (secondary N) is 2. The average Bonchev–Trinajstić information content (AvgIpc) is 2.99. The summed E-state index contributed by atoms with van der Waals surface area (Å²) in [7, 11) is 0. The number of amides is 1. The lowest BCUT2D eigenvalue weighted by molar-refractivity contribution is -0.146. The summed E-state index contributed by atoms with van der Waals surface area (Å²) >= 11 is 6.08. The molecule has 0 heterocycles. The summed E-state index contributed by atoms with van der Waals surface area (Å²) in [6.07, 6.45) is 5.38. The summed E-state index contributed by atoms with van der Waals surface area (Å²) in [6, 6.07) is 23.3. The third kappa shape index (κ3) is 8.22. The molecule has 0 bridgehead atoms. The first-order valence-electron chi connectivity index (χ1n) is 13.8. The number of carboxylic acids is 1. The van der Waals surface area contributed by atoms with E-state index in [1.807, 2.05) is 36.4 Å². The fourth-order valence-corrected chi connectivity index (χ4v) is 4.91. The molecule has 0 aliphatic heterocycles. The lowest BCUT2D eigenvalue weighted by Crippen LogP contribution is -2.36. The van der Waals surface area contributed by atoms with Crippen LogP contribution in [-0.2, 0) is 11.3 Å². The fraction of sp³-hybridized carbons (Fsp3) is 0.273. The van der Waals surface area contributed by atoms with E-state index in [4.69, 9.17) is 16.7 Å². The van der Waals surface area contributed by atoms with Crippen LogP contribution in [0.4, 0.5) is 5.69 Å². The van der Waals surface area contributed by atoms with Gasteiger partial charge in [-0.15, -0.1) is 0 Å². The summed E-state index contributed by atoms with van der Waals surface area (Å²) in [5, 5.41) is 24.9. The maximum atomic E-state index is 12.4. The molecule has 3 aromatic rings. The number of anilines is 1. The van der Waals surface area contributed by atoms with E-state index in [2.05, 4.69) is 59.4 Å². The second-order valence-corrected chi connectivity index (χ2v) is 10.7. The number of benzene rings is 3. The molecule has 3 aromatic carbocycles. The predicted molar refractivity (Wildman–Crippen MR) is 164 cm³/mol. The summed E-state index contributed by atoms with van der Waals surface area (Å²) < 4.78 is 0. The minimum atomic E-state index is -1.65. The van der Waals surface area contributed by atoms with Crippen molar-refractivity contribution >= 4 is 34.7 Å². The number of hydrogen-bond acceptors (Lipinski definition) is 5. The highest BCUT2D eigenvalue weighted by molar-refractivity contribution is 6.30. The Kier molecular flexibility index (Phi) is 10.2. The largest absolute Gasteiger partial charge is 0.479 e. The Bertz CT molecular complexity index is 1390. The lowest BCUT2D eigenvalue weighted by atomic mass is 9.93. The van der Waals surface area contributed by atoms with Gasteiger partial charge in [0.2, 0.25) is 0 Å². The molecule has 4 rings (SSSR count). The van der Waals surface area contributed by atoms with E-state index in [1.165, 1.54) is 24.0 Å². The first-order chi connectivity index (χ1) is 19.7. The van der Waals surface area contributed by atoms with Gasteiger partial charge in [0.1, 0.15) is 0 Å². The number of carbonyl (C=O) groups is 2. The number of rotatable bonds is 12. The van der Waals surface area contributed by atoms with Gasteiger partial charge in [-0.25, -0.2) is 4.79 Å². The van der Waals surface area contributed by atoms with Crippen LogP contribution in [0.25, 0.3) is 5.57 Å². The summed E-state index contributed by atoms with van der Waals surface area (Å²) in [6.45, 7) is 6.57. The lowest BCUT2D eigenvalue weighted by Gasteiger charge is -2.30. The molecule has 1 aliphatic rings. The Balaban J connectivity index is 1.52. The van der Waals surface area contributed by atoms with Crippen LogP contribution >= 0.6 is 11.6 Å². The van der Waals surface area contributed by atoms with Crippen molar-refractivity contribution in [2.24, 2.45) is 0 Å². The minimum Gasteiger partial charge on any atom is -0.479 e. The zero-order valence-corrected chi connectivity index (χ0v) is 23.9. The molecule has 0 radical (unpaired) electrons. The van der Waals surface area contributed by atoms with Crippen LogP contribution < -0.4 is 15.5 Å². The van der Waals surface area contributed by atoms with Crippen LogP contribution in [0.3, 0.4) is 0 Å². The second-order valence-electron chi connectivity index (χ2n) is 10.2.